The Bertz CT molecular complexity index is 979. The number of nitrogens with zero attached hydrogens (tertiary/aromatic N) is 2. The van der Waals surface area contributed by atoms with Crippen LogP contribution in [-0.2, 0) is 4.79 Å². The van der Waals surface area contributed by atoms with Gasteiger partial charge in [0.05, 0.1) is 30.3 Å². The number of nitrogens with one attached hydrogen (secondary N) is 2. The molecule has 7 heteroatoms. The fourth-order valence-corrected chi connectivity index (χ4v) is 2.97. The molecule has 0 spiro atoms. The van der Waals surface area contributed by atoms with Crippen molar-refractivity contribution in [3.8, 4) is 5.75 Å². The first kappa shape index (κ1) is 15.2. The Kier molecular flexibility index (Phi) is 3.61. The van der Waals surface area contributed by atoms with Crippen molar-refractivity contribution in [2.24, 2.45) is 0 Å². The van der Waals surface area contributed by atoms with Gasteiger partial charge in [-0.05, 0) is 24.3 Å². The summed E-state index contributed by atoms with van der Waals surface area (Å²) in [6.45, 7) is 0. The number of imidazole rings is 1. The molecule has 1 atom stereocenters. The number of para-hydroxylation sites is 4. The second kappa shape index (κ2) is 5.94. The van der Waals surface area contributed by atoms with Crippen molar-refractivity contribution in [2.45, 2.75) is 12.5 Å². The molecule has 0 radical (unpaired) electrons. The number of aromatic nitrogens is 2. The van der Waals surface area contributed by atoms with E-state index in [1.807, 2.05) is 30.3 Å². The van der Waals surface area contributed by atoms with Crippen LogP contribution in [0.5, 0.6) is 5.75 Å². The first-order chi connectivity index (χ1) is 12.2. The number of carbonyl (C=O) groups is 2. The first-order valence-corrected chi connectivity index (χ1v) is 7.88. The van der Waals surface area contributed by atoms with Crippen LogP contribution in [0.3, 0.4) is 0 Å². The summed E-state index contributed by atoms with van der Waals surface area (Å²) in [6, 6.07) is 13.8. The molecule has 2 heterocycles. The highest BCUT2D eigenvalue weighted by atomic mass is 16.5. The normalized spacial score (nSPS) is 16.2. The second-order valence-corrected chi connectivity index (χ2v) is 5.74. The minimum Gasteiger partial charge on any atom is -0.495 e. The Morgan fingerprint density at radius 3 is 2.84 bits per heavy atom. The average molecular weight is 336 g/mol. The predicted octanol–water partition coefficient (Wildman–Crippen LogP) is 2.51. The van der Waals surface area contributed by atoms with Crippen LogP contribution >= 0.6 is 0 Å². The fraction of sp³-hybridized carbons (Fsp3) is 0.167. The zero-order valence-corrected chi connectivity index (χ0v) is 13.5. The number of methoxy groups -OCH3 is 1. The van der Waals surface area contributed by atoms with Gasteiger partial charge in [-0.25, -0.2) is 9.55 Å². The van der Waals surface area contributed by atoms with E-state index in [0.29, 0.717) is 22.9 Å². The zero-order valence-electron chi connectivity index (χ0n) is 13.5. The lowest BCUT2D eigenvalue weighted by Gasteiger charge is -2.24. The summed E-state index contributed by atoms with van der Waals surface area (Å²) in [7, 11) is 1.54. The lowest BCUT2D eigenvalue weighted by atomic mass is 10.1. The quantitative estimate of drug-likeness (QED) is 0.768. The van der Waals surface area contributed by atoms with E-state index in [9.17, 15) is 9.59 Å². The van der Waals surface area contributed by atoms with Gasteiger partial charge in [-0.3, -0.25) is 9.59 Å². The van der Waals surface area contributed by atoms with Crippen LogP contribution in [0.4, 0.5) is 11.6 Å². The SMILES string of the molecule is COc1ccccc1NC(=O)C1CC(=O)n2c(nc3ccccc32)N1. The number of amides is 1. The monoisotopic (exact) mass is 336 g/mol. The van der Waals surface area contributed by atoms with Crippen LogP contribution in [0.2, 0.25) is 0 Å². The van der Waals surface area contributed by atoms with Gasteiger partial charge in [0, 0.05) is 0 Å². The number of carbonyl (C=O) groups excluding carboxylic acids is 2. The number of hydrogen-bond donors (Lipinski definition) is 2. The summed E-state index contributed by atoms with van der Waals surface area (Å²) in [6.07, 6.45) is 0.0499. The molecule has 1 unspecified atom stereocenters. The smallest absolute Gasteiger partial charge is 0.247 e. The Morgan fingerprint density at radius 1 is 1.24 bits per heavy atom. The van der Waals surface area contributed by atoms with Crippen LogP contribution < -0.4 is 15.4 Å². The summed E-state index contributed by atoms with van der Waals surface area (Å²) in [5, 5.41) is 5.85. The number of ether oxygens (including phenoxy) is 1. The van der Waals surface area contributed by atoms with E-state index in [0.717, 1.165) is 5.52 Å². The van der Waals surface area contributed by atoms with Gasteiger partial charge in [-0.2, -0.15) is 0 Å². The molecule has 1 aromatic heterocycles. The first-order valence-electron chi connectivity index (χ1n) is 7.88. The van der Waals surface area contributed by atoms with Gasteiger partial charge in [-0.1, -0.05) is 24.3 Å². The summed E-state index contributed by atoms with van der Waals surface area (Å²) in [5.41, 5.74) is 2.01. The molecule has 1 aliphatic heterocycles. The molecule has 0 fully saturated rings. The number of anilines is 2. The molecule has 0 saturated carbocycles. The minimum atomic E-state index is -0.693. The topological polar surface area (TPSA) is 85.2 Å². The van der Waals surface area contributed by atoms with Crippen molar-refractivity contribution in [1.82, 2.24) is 9.55 Å². The molecular formula is C18H16N4O3. The number of fused-ring (bicyclic) bond motifs is 3. The molecule has 4 rings (SSSR count). The van der Waals surface area contributed by atoms with Gasteiger partial charge >= 0.3 is 0 Å². The third kappa shape index (κ3) is 2.59. The highest BCUT2D eigenvalue weighted by molar-refractivity contribution is 6.04. The van der Waals surface area contributed by atoms with E-state index < -0.39 is 6.04 Å². The third-order valence-corrected chi connectivity index (χ3v) is 4.17. The average Bonchev–Trinajstić information content (AvgIpc) is 3.01. The molecule has 0 saturated heterocycles. The standard InChI is InChI=1S/C18H16N4O3/c1-25-15-9-5-3-7-12(15)19-17(24)13-10-16(23)22-14-8-4-2-6-11(14)20-18(22)21-13/h2-9,13H,10H2,1H3,(H,19,24)(H,20,21). The van der Waals surface area contributed by atoms with Gasteiger partial charge in [-0.15, -0.1) is 0 Å². The summed E-state index contributed by atoms with van der Waals surface area (Å²) >= 11 is 0. The highest BCUT2D eigenvalue weighted by Crippen LogP contribution is 2.27. The number of benzene rings is 2. The van der Waals surface area contributed by atoms with E-state index in [4.69, 9.17) is 4.74 Å². The maximum atomic E-state index is 12.6. The molecule has 7 nitrogen and oxygen atoms in total. The maximum Gasteiger partial charge on any atom is 0.247 e. The van der Waals surface area contributed by atoms with Crippen molar-refractivity contribution < 1.29 is 14.3 Å². The summed E-state index contributed by atoms with van der Waals surface area (Å²) in [5.74, 6) is 0.474. The highest BCUT2D eigenvalue weighted by Gasteiger charge is 2.31. The van der Waals surface area contributed by atoms with Gasteiger partial charge in [0.1, 0.15) is 11.8 Å². The number of hydrogen-bond acceptors (Lipinski definition) is 5. The molecule has 0 bridgehead atoms. The fourth-order valence-electron chi connectivity index (χ4n) is 2.97. The second-order valence-electron chi connectivity index (χ2n) is 5.74. The van der Waals surface area contributed by atoms with Crippen LogP contribution in [0.1, 0.15) is 11.2 Å². The van der Waals surface area contributed by atoms with Crippen molar-refractivity contribution in [1.29, 1.82) is 0 Å². The van der Waals surface area contributed by atoms with E-state index in [-0.39, 0.29) is 18.2 Å². The third-order valence-electron chi connectivity index (χ3n) is 4.17. The van der Waals surface area contributed by atoms with Crippen LogP contribution in [-0.4, -0.2) is 34.5 Å². The van der Waals surface area contributed by atoms with Gasteiger partial charge in [0.25, 0.3) is 0 Å². The van der Waals surface area contributed by atoms with Crippen LogP contribution in [0, 0.1) is 0 Å². The van der Waals surface area contributed by atoms with Gasteiger partial charge < -0.3 is 15.4 Å². The Morgan fingerprint density at radius 2 is 2.00 bits per heavy atom. The van der Waals surface area contributed by atoms with Crippen molar-refractivity contribution in [3.05, 3.63) is 48.5 Å². The van der Waals surface area contributed by atoms with E-state index in [2.05, 4.69) is 15.6 Å². The summed E-state index contributed by atoms with van der Waals surface area (Å²) < 4.78 is 6.75. The Hall–Kier alpha value is -3.35. The molecule has 1 aliphatic rings. The summed E-state index contributed by atoms with van der Waals surface area (Å²) in [4.78, 5) is 29.5. The molecule has 2 aromatic carbocycles. The van der Waals surface area contributed by atoms with Gasteiger partial charge in [0.2, 0.25) is 17.8 Å². The largest absolute Gasteiger partial charge is 0.495 e. The molecule has 126 valence electrons. The zero-order chi connectivity index (χ0) is 17.4. The van der Waals surface area contributed by atoms with Crippen LogP contribution in [0.25, 0.3) is 11.0 Å². The van der Waals surface area contributed by atoms with Crippen molar-refractivity contribution >= 4 is 34.5 Å². The Balaban J connectivity index is 1.60. The van der Waals surface area contributed by atoms with E-state index in [1.165, 1.54) is 11.7 Å². The lowest BCUT2D eigenvalue weighted by molar-refractivity contribution is -0.117. The molecule has 0 aliphatic carbocycles. The predicted molar refractivity (Wildman–Crippen MR) is 94.0 cm³/mol. The lowest BCUT2D eigenvalue weighted by Crippen LogP contribution is -2.42. The minimum absolute atomic E-state index is 0.0499. The van der Waals surface area contributed by atoms with Gasteiger partial charge in [0.15, 0.2) is 0 Å². The molecule has 3 aromatic rings. The van der Waals surface area contributed by atoms with Crippen molar-refractivity contribution in [3.63, 3.8) is 0 Å². The Labute approximate surface area is 143 Å². The van der Waals surface area contributed by atoms with Crippen LogP contribution in [0.15, 0.2) is 48.5 Å². The van der Waals surface area contributed by atoms with E-state index in [1.54, 1.807) is 18.2 Å². The molecular weight excluding hydrogens is 320 g/mol. The van der Waals surface area contributed by atoms with E-state index >= 15 is 0 Å². The molecule has 25 heavy (non-hydrogen) atoms. The molecule has 2 N–H and O–H groups in total. The maximum absolute atomic E-state index is 12.6. The molecule has 1 amide bonds. The number of rotatable bonds is 3. The van der Waals surface area contributed by atoms with Crippen molar-refractivity contribution in [2.75, 3.05) is 17.7 Å².